The van der Waals surface area contributed by atoms with E-state index >= 15 is 0 Å². The Bertz CT molecular complexity index is 410. The summed E-state index contributed by atoms with van der Waals surface area (Å²) in [4.78, 5) is 0. The first-order valence-corrected chi connectivity index (χ1v) is 9.23. The highest BCUT2D eigenvalue weighted by Crippen LogP contribution is 2.31. The minimum absolute atomic E-state index is 0.991. The van der Waals surface area contributed by atoms with Gasteiger partial charge in [-0.15, -0.1) is 0 Å². The van der Waals surface area contributed by atoms with Crippen LogP contribution in [-0.4, -0.2) is 8.32 Å². The van der Waals surface area contributed by atoms with Gasteiger partial charge in [-0.05, 0) is 35.3 Å². The predicted octanol–water partition coefficient (Wildman–Crippen LogP) is 4.61. The molecule has 0 atom stereocenters. The van der Waals surface area contributed by atoms with Gasteiger partial charge in [0.1, 0.15) is 0 Å². The fraction of sp³-hybridized carbons (Fsp3) is 0.467. The molecule has 0 radical (unpaired) electrons. The second kappa shape index (κ2) is 5.09. The van der Waals surface area contributed by atoms with Crippen LogP contribution in [0.1, 0.15) is 31.9 Å². The van der Waals surface area contributed by atoms with Crippen molar-refractivity contribution < 1.29 is 4.43 Å². The first-order chi connectivity index (χ1) is 8.23. The van der Waals surface area contributed by atoms with E-state index in [1.54, 1.807) is 0 Å². The van der Waals surface area contributed by atoms with Gasteiger partial charge >= 0.3 is 0 Å². The third kappa shape index (κ3) is 2.47. The summed E-state index contributed by atoms with van der Waals surface area (Å²) in [5.41, 5.74) is 2.75. The third-order valence-electron chi connectivity index (χ3n) is 4.02. The molecule has 1 aliphatic rings. The van der Waals surface area contributed by atoms with Gasteiger partial charge in [-0.25, -0.2) is 0 Å². The second-order valence-electron chi connectivity index (χ2n) is 4.83. The average molecular weight is 246 g/mol. The lowest BCUT2D eigenvalue weighted by Gasteiger charge is -2.29. The van der Waals surface area contributed by atoms with Crippen LogP contribution >= 0.6 is 0 Å². The molecule has 0 spiro atoms. The Kier molecular flexibility index (Phi) is 3.72. The van der Waals surface area contributed by atoms with Crippen LogP contribution in [0.5, 0.6) is 0 Å². The normalized spacial score (nSPS) is 14.4. The van der Waals surface area contributed by atoms with Crippen LogP contribution in [-0.2, 0) is 10.8 Å². The van der Waals surface area contributed by atoms with Crippen LogP contribution in [0.3, 0.4) is 0 Å². The Morgan fingerprint density at radius 3 is 2.29 bits per heavy atom. The zero-order valence-electron chi connectivity index (χ0n) is 11.1. The Hall–Kier alpha value is -1.02. The van der Waals surface area contributed by atoms with Crippen LogP contribution in [0.2, 0.25) is 18.1 Å². The zero-order chi connectivity index (χ0) is 12.3. The van der Waals surface area contributed by atoms with Gasteiger partial charge in [-0.2, -0.15) is 0 Å². The SMILES string of the molecule is CC[Si](CC)(CC)OC1=Cc2ccccc2C1. The van der Waals surface area contributed by atoms with Gasteiger partial charge in [0.15, 0.2) is 0 Å². The third-order valence-corrected chi connectivity index (χ3v) is 8.58. The van der Waals surface area contributed by atoms with E-state index in [2.05, 4.69) is 51.1 Å². The van der Waals surface area contributed by atoms with E-state index in [0.717, 1.165) is 6.42 Å². The molecule has 0 bridgehead atoms. The Morgan fingerprint density at radius 1 is 1.06 bits per heavy atom. The van der Waals surface area contributed by atoms with E-state index < -0.39 is 8.32 Å². The lowest BCUT2D eigenvalue weighted by molar-refractivity contribution is 0.401. The summed E-state index contributed by atoms with van der Waals surface area (Å²) in [6.45, 7) is 6.84. The highest BCUT2D eigenvalue weighted by Gasteiger charge is 2.32. The van der Waals surface area contributed by atoms with E-state index in [1.165, 1.54) is 35.0 Å². The molecule has 2 heteroatoms. The minimum atomic E-state index is -1.49. The van der Waals surface area contributed by atoms with Crippen molar-refractivity contribution >= 4 is 14.4 Å². The molecule has 0 heterocycles. The lowest BCUT2D eigenvalue weighted by atomic mass is 10.1. The molecule has 0 saturated carbocycles. The van der Waals surface area contributed by atoms with E-state index in [-0.39, 0.29) is 0 Å². The van der Waals surface area contributed by atoms with Crippen LogP contribution in [0.4, 0.5) is 0 Å². The van der Waals surface area contributed by atoms with Crippen LogP contribution in [0.15, 0.2) is 30.0 Å². The van der Waals surface area contributed by atoms with Gasteiger partial charge in [0.2, 0.25) is 8.32 Å². The zero-order valence-corrected chi connectivity index (χ0v) is 12.1. The molecule has 1 nitrogen and oxygen atoms in total. The lowest BCUT2D eigenvalue weighted by Crippen LogP contribution is -2.35. The molecule has 17 heavy (non-hydrogen) atoms. The highest BCUT2D eigenvalue weighted by molar-refractivity contribution is 6.73. The van der Waals surface area contributed by atoms with E-state index in [9.17, 15) is 0 Å². The summed E-state index contributed by atoms with van der Waals surface area (Å²) >= 11 is 0. The molecule has 1 aromatic carbocycles. The molecule has 0 aromatic heterocycles. The van der Waals surface area contributed by atoms with Crippen molar-refractivity contribution in [3.05, 3.63) is 41.2 Å². The quantitative estimate of drug-likeness (QED) is 0.690. The number of hydrogen-bond acceptors (Lipinski definition) is 1. The van der Waals surface area contributed by atoms with Crippen molar-refractivity contribution in [3.8, 4) is 0 Å². The molecule has 0 N–H and O–H groups in total. The monoisotopic (exact) mass is 246 g/mol. The molecule has 0 unspecified atom stereocenters. The van der Waals surface area contributed by atoms with Crippen LogP contribution in [0, 0.1) is 0 Å². The van der Waals surface area contributed by atoms with E-state index in [4.69, 9.17) is 4.43 Å². The van der Waals surface area contributed by atoms with E-state index in [1.807, 2.05) is 0 Å². The standard InChI is InChI=1S/C15H22OSi/c1-4-17(5-2,6-3)16-15-11-13-9-7-8-10-14(13)12-15/h7-11H,4-6,12H2,1-3H3. The maximum Gasteiger partial charge on any atom is 0.250 e. The first kappa shape index (κ1) is 12.4. The van der Waals surface area contributed by atoms with Crippen LogP contribution < -0.4 is 0 Å². The van der Waals surface area contributed by atoms with E-state index in [0.29, 0.717) is 0 Å². The smallest absolute Gasteiger partial charge is 0.250 e. The summed E-state index contributed by atoms with van der Waals surface area (Å²) in [5.74, 6) is 1.20. The van der Waals surface area contributed by atoms with Crippen molar-refractivity contribution in [1.82, 2.24) is 0 Å². The fourth-order valence-electron chi connectivity index (χ4n) is 2.56. The molecule has 0 fully saturated rings. The second-order valence-corrected chi connectivity index (χ2v) is 9.52. The molecular formula is C15H22OSi. The Labute approximate surface area is 106 Å². The number of fused-ring (bicyclic) bond motifs is 1. The average Bonchev–Trinajstić information content (AvgIpc) is 2.78. The van der Waals surface area contributed by atoms with Gasteiger partial charge in [0.05, 0.1) is 5.76 Å². The summed E-state index contributed by atoms with van der Waals surface area (Å²) in [5, 5.41) is 0. The maximum absolute atomic E-state index is 6.43. The van der Waals surface area contributed by atoms with Crippen molar-refractivity contribution in [3.63, 3.8) is 0 Å². The summed E-state index contributed by atoms with van der Waals surface area (Å²) < 4.78 is 6.43. The predicted molar refractivity (Wildman–Crippen MR) is 76.4 cm³/mol. The molecular weight excluding hydrogens is 224 g/mol. The number of hydrogen-bond donors (Lipinski definition) is 0. The van der Waals surface area contributed by atoms with Gasteiger partial charge in [0, 0.05) is 6.42 Å². The van der Waals surface area contributed by atoms with Gasteiger partial charge in [-0.1, -0.05) is 45.0 Å². The topological polar surface area (TPSA) is 9.23 Å². The minimum Gasteiger partial charge on any atom is -0.546 e. The number of benzene rings is 1. The van der Waals surface area contributed by atoms with Crippen molar-refractivity contribution in [1.29, 1.82) is 0 Å². The molecule has 0 saturated heterocycles. The van der Waals surface area contributed by atoms with Gasteiger partial charge < -0.3 is 4.43 Å². The summed E-state index contributed by atoms with van der Waals surface area (Å²) in [6, 6.07) is 12.2. The molecule has 0 amide bonds. The van der Waals surface area contributed by atoms with Crippen LogP contribution in [0.25, 0.3) is 6.08 Å². The van der Waals surface area contributed by atoms with Gasteiger partial charge in [-0.3, -0.25) is 0 Å². The van der Waals surface area contributed by atoms with Crippen molar-refractivity contribution in [2.45, 2.75) is 45.3 Å². The maximum atomic E-state index is 6.43. The molecule has 1 aliphatic carbocycles. The van der Waals surface area contributed by atoms with Crippen molar-refractivity contribution in [2.24, 2.45) is 0 Å². The Balaban J connectivity index is 2.13. The fourth-order valence-corrected chi connectivity index (χ4v) is 5.18. The number of rotatable bonds is 5. The summed E-state index contributed by atoms with van der Waals surface area (Å²) in [7, 11) is -1.49. The summed E-state index contributed by atoms with van der Waals surface area (Å²) in [6.07, 6.45) is 3.23. The first-order valence-electron chi connectivity index (χ1n) is 6.70. The number of allylic oxidation sites excluding steroid dienone is 1. The molecule has 2 rings (SSSR count). The molecule has 0 aliphatic heterocycles. The molecule has 92 valence electrons. The van der Waals surface area contributed by atoms with Gasteiger partial charge in [0.25, 0.3) is 0 Å². The Morgan fingerprint density at radius 2 is 1.71 bits per heavy atom. The van der Waals surface area contributed by atoms with Crippen molar-refractivity contribution in [2.75, 3.05) is 0 Å². The highest BCUT2D eigenvalue weighted by atomic mass is 28.4. The molecule has 1 aromatic rings. The largest absolute Gasteiger partial charge is 0.546 e.